The maximum Gasteiger partial charge on any atom is 0.315 e. The summed E-state index contributed by atoms with van der Waals surface area (Å²) in [6, 6.07) is 0.956. The molecule has 0 bridgehead atoms. The molecule has 9 nitrogen and oxygen atoms in total. The molecule has 0 aromatic carbocycles. The SMILES string of the molecule is COCCN(C(=O)C(=O)Nc1cc(C)on1)C1CCS(=O)(=O)C1. The summed E-state index contributed by atoms with van der Waals surface area (Å²) < 4.78 is 33.0. The van der Waals surface area contributed by atoms with E-state index in [0.717, 1.165) is 0 Å². The Bertz CT molecular complexity index is 684. The van der Waals surface area contributed by atoms with Gasteiger partial charge >= 0.3 is 11.8 Å². The highest BCUT2D eigenvalue weighted by Crippen LogP contribution is 2.18. The van der Waals surface area contributed by atoms with Gasteiger partial charge in [-0.2, -0.15) is 0 Å². The maximum absolute atomic E-state index is 12.4. The summed E-state index contributed by atoms with van der Waals surface area (Å²) in [5.74, 6) is -1.21. The van der Waals surface area contributed by atoms with E-state index in [2.05, 4.69) is 10.5 Å². The molecule has 1 atom stereocenters. The van der Waals surface area contributed by atoms with Crippen molar-refractivity contribution in [3.8, 4) is 0 Å². The van der Waals surface area contributed by atoms with E-state index in [-0.39, 0.29) is 30.5 Å². The molecule has 128 valence electrons. The molecule has 1 saturated heterocycles. The maximum atomic E-state index is 12.4. The minimum absolute atomic E-state index is 0.0124. The molecule has 1 fully saturated rings. The highest BCUT2D eigenvalue weighted by Gasteiger charge is 2.36. The fourth-order valence-electron chi connectivity index (χ4n) is 2.39. The van der Waals surface area contributed by atoms with E-state index in [1.54, 1.807) is 6.92 Å². The van der Waals surface area contributed by atoms with Crippen molar-refractivity contribution in [2.24, 2.45) is 0 Å². The van der Waals surface area contributed by atoms with Gasteiger partial charge in [0.15, 0.2) is 15.7 Å². The Morgan fingerprint density at radius 1 is 1.52 bits per heavy atom. The van der Waals surface area contributed by atoms with Gasteiger partial charge in [0.1, 0.15) is 5.76 Å². The van der Waals surface area contributed by atoms with Crippen LogP contribution in [0.5, 0.6) is 0 Å². The molecule has 10 heteroatoms. The number of aryl methyl sites for hydroxylation is 1. The van der Waals surface area contributed by atoms with Crippen LogP contribution in [0.3, 0.4) is 0 Å². The summed E-state index contributed by atoms with van der Waals surface area (Å²) in [6.45, 7) is 2.00. The second kappa shape index (κ2) is 7.09. The van der Waals surface area contributed by atoms with Crippen molar-refractivity contribution in [3.05, 3.63) is 11.8 Å². The van der Waals surface area contributed by atoms with Crippen LogP contribution in [0.4, 0.5) is 5.82 Å². The summed E-state index contributed by atoms with van der Waals surface area (Å²) in [5, 5.41) is 5.92. The van der Waals surface area contributed by atoms with Gasteiger partial charge in [-0.05, 0) is 13.3 Å². The van der Waals surface area contributed by atoms with Crippen LogP contribution in [0, 0.1) is 6.92 Å². The third-order valence-electron chi connectivity index (χ3n) is 3.51. The van der Waals surface area contributed by atoms with Crippen molar-refractivity contribution in [2.75, 3.05) is 37.1 Å². The quantitative estimate of drug-likeness (QED) is 0.720. The predicted molar refractivity (Wildman–Crippen MR) is 80.5 cm³/mol. The first-order valence-electron chi connectivity index (χ1n) is 7.07. The second-order valence-electron chi connectivity index (χ2n) is 5.33. The lowest BCUT2D eigenvalue weighted by atomic mass is 10.2. The van der Waals surface area contributed by atoms with Gasteiger partial charge in [-0.15, -0.1) is 0 Å². The number of rotatable bonds is 5. The third-order valence-corrected chi connectivity index (χ3v) is 5.26. The summed E-state index contributed by atoms with van der Waals surface area (Å²) >= 11 is 0. The minimum Gasteiger partial charge on any atom is -0.383 e. The van der Waals surface area contributed by atoms with Crippen LogP contribution < -0.4 is 5.32 Å². The van der Waals surface area contributed by atoms with Crippen LogP contribution in [0.25, 0.3) is 0 Å². The molecule has 23 heavy (non-hydrogen) atoms. The number of methoxy groups -OCH3 is 1. The average Bonchev–Trinajstić information content (AvgIpc) is 3.04. The van der Waals surface area contributed by atoms with Gasteiger partial charge in [-0.25, -0.2) is 8.42 Å². The number of sulfone groups is 1. The van der Waals surface area contributed by atoms with Gasteiger partial charge in [0, 0.05) is 25.8 Å². The standard InChI is InChI=1S/C13H19N3O6S/c1-9-7-11(15-22-9)14-12(17)13(18)16(4-5-21-2)10-3-6-23(19,20)8-10/h7,10H,3-6,8H2,1-2H3,(H,14,15,17). The lowest BCUT2D eigenvalue weighted by molar-refractivity contribution is -0.145. The molecule has 2 amide bonds. The zero-order valence-corrected chi connectivity index (χ0v) is 13.8. The molecule has 1 aromatic rings. The fraction of sp³-hybridized carbons (Fsp3) is 0.615. The van der Waals surface area contributed by atoms with E-state index in [1.807, 2.05) is 0 Å². The van der Waals surface area contributed by atoms with Crippen LogP contribution in [0.2, 0.25) is 0 Å². The van der Waals surface area contributed by atoms with Gasteiger partial charge in [0.25, 0.3) is 0 Å². The largest absolute Gasteiger partial charge is 0.383 e. The zero-order valence-electron chi connectivity index (χ0n) is 12.9. The van der Waals surface area contributed by atoms with Gasteiger partial charge < -0.3 is 14.2 Å². The molecule has 0 aliphatic carbocycles. The van der Waals surface area contributed by atoms with Crippen molar-refractivity contribution in [1.29, 1.82) is 0 Å². The van der Waals surface area contributed by atoms with Gasteiger partial charge in [-0.1, -0.05) is 5.16 Å². The number of hydrogen-bond donors (Lipinski definition) is 1. The van der Waals surface area contributed by atoms with E-state index in [0.29, 0.717) is 12.2 Å². The van der Waals surface area contributed by atoms with Crippen LogP contribution in [-0.2, 0) is 24.2 Å². The lowest BCUT2D eigenvalue weighted by Crippen LogP contribution is -2.48. The Morgan fingerprint density at radius 3 is 2.78 bits per heavy atom. The Labute approximate surface area is 133 Å². The number of nitrogens with zero attached hydrogens (tertiary/aromatic N) is 2. The minimum atomic E-state index is -3.17. The Kier molecular flexibility index (Phi) is 5.37. The average molecular weight is 345 g/mol. The monoisotopic (exact) mass is 345 g/mol. The first-order valence-corrected chi connectivity index (χ1v) is 8.89. The molecule has 1 aromatic heterocycles. The number of aromatic nitrogens is 1. The van der Waals surface area contributed by atoms with E-state index in [4.69, 9.17) is 9.26 Å². The van der Waals surface area contributed by atoms with E-state index in [9.17, 15) is 18.0 Å². The molecular formula is C13H19N3O6S. The predicted octanol–water partition coefficient (Wildman–Crippen LogP) is -0.416. The number of carbonyl (C=O) groups is 2. The smallest absolute Gasteiger partial charge is 0.315 e. The number of hydrogen-bond acceptors (Lipinski definition) is 7. The molecule has 1 N–H and O–H groups in total. The number of ether oxygens (including phenoxy) is 1. The number of nitrogens with one attached hydrogen (secondary N) is 1. The fourth-order valence-corrected chi connectivity index (χ4v) is 4.12. The van der Waals surface area contributed by atoms with Crippen LogP contribution in [0.1, 0.15) is 12.2 Å². The highest BCUT2D eigenvalue weighted by molar-refractivity contribution is 7.91. The topological polar surface area (TPSA) is 119 Å². The van der Waals surface area contributed by atoms with Crippen LogP contribution in [0.15, 0.2) is 10.6 Å². The Balaban J connectivity index is 2.08. The van der Waals surface area contributed by atoms with Crippen LogP contribution in [-0.4, -0.2) is 68.1 Å². The first-order chi connectivity index (χ1) is 10.8. The Morgan fingerprint density at radius 2 is 2.26 bits per heavy atom. The van der Waals surface area contributed by atoms with E-state index >= 15 is 0 Å². The Hall–Kier alpha value is -1.94. The third kappa shape index (κ3) is 4.52. The molecular weight excluding hydrogens is 326 g/mol. The number of anilines is 1. The van der Waals surface area contributed by atoms with Gasteiger partial charge in [0.05, 0.1) is 18.1 Å². The van der Waals surface area contributed by atoms with Crippen molar-refractivity contribution in [2.45, 2.75) is 19.4 Å². The van der Waals surface area contributed by atoms with Crippen molar-refractivity contribution >= 4 is 27.5 Å². The van der Waals surface area contributed by atoms with Crippen LogP contribution >= 0.6 is 0 Å². The molecule has 0 spiro atoms. The molecule has 0 saturated carbocycles. The van der Waals surface area contributed by atoms with Gasteiger partial charge in [-0.3, -0.25) is 14.9 Å². The molecule has 2 rings (SSSR count). The molecule has 1 aliphatic rings. The van der Waals surface area contributed by atoms with E-state index < -0.39 is 27.7 Å². The normalized spacial score (nSPS) is 19.5. The van der Waals surface area contributed by atoms with Gasteiger partial charge in [0.2, 0.25) is 0 Å². The first kappa shape index (κ1) is 17.4. The number of carbonyl (C=O) groups excluding carboxylic acids is 2. The summed E-state index contributed by atoms with van der Waals surface area (Å²) in [6.07, 6.45) is 0.314. The molecule has 1 unspecified atom stereocenters. The second-order valence-corrected chi connectivity index (χ2v) is 7.55. The molecule has 0 radical (unpaired) electrons. The number of amides is 2. The lowest BCUT2D eigenvalue weighted by Gasteiger charge is -2.27. The van der Waals surface area contributed by atoms with Crippen molar-refractivity contribution < 1.29 is 27.3 Å². The summed E-state index contributed by atoms with van der Waals surface area (Å²) in [4.78, 5) is 25.7. The highest BCUT2D eigenvalue weighted by atomic mass is 32.2. The molecule has 2 heterocycles. The molecule has 1 aliphatic heterocycles. The summed E-state index contributed by atoms with van der Waals surface area (Å²) in [5.41, 5.74) is 0. The van der Waals surface area contributed by atoms with E-state index in [1.165, 1.54) is 18.1 Å². The van der Waals surface area contributed by atoms with Crippen molar-refractivity contribution in [1.82, 2.24) is 10.1 Å². The van der Waals surface area contributed by atoms with Crippen molar-refractivity contribution in [3.63, 3.8) is 0 Å². The summed E-state index contributed by atoms with van der Waals surface area (Å²) in [7, 11) is -1.71. The zero-order chi connectivity index (χ0) is 17.0.